The zero-order valence-electron chi connectivity index (χ0n) is 23.3. The van der Waals surface area contributed by atoms with E-state index in [0.29, 0.717) is 17.1 Å². The monoisotopic (exact) mass is 598 g/mol. The van der Waals surface area contributed by atoms with Gasteiger partial charge in [0.05, 0.1) is 27.7 Å². The Hall–Kier alpha value is -5.01. The van der Waals surface area contributed by atoms with Crippen molar-refractivity contribution in [2.24, 2.45) is 32.6 Å². The molecule has 0 radical (unpaired) electrons. The Bertz CT molecular complexity index is 1860. The van der Waals surface area contributed by atoms with Crippen molar-refractivity contribution >= 4 is 62.0 Å². The highest BCUT2D eigenvalue weighted by molar-refractivity contribution is 7.85. The second-order valence-electron chi connectivity index (χ2n) is 10.5. The molecule has 3 heterocycles. The maximum Gasteiger partial charge on any atom is 0.294 e. The summed E-state index contributed by atoms with van der Waals surface area (Å²) in [6.45, 7) is 4.87. The Balaban J connectivity index is 1.48. The van der Waals surface area contributed by atoms with Crippen LogP contribution in [0.4, 0.5) is 17.1 Å². The first-order chi connectivity index (χ1) is 20.5. The SMILES string of the molecule is CC1=NN(c2ccc(S(=O)(=O)O)cc2)C(=O)[C@H]1[C@]1([C@H]2C(=O)N(c3ccccc3)N=C2C)C(=O)N(c2ccccc2)N=C1C. The summed E-state index contributed by atoms with van der Waals surface area (Å²) in [7, 11) is -4.46. The largest absolute Gasteiger partial charge is 0.294 e. The van der Waals surface area contributed by atoms with Gasteiger partial charge in [-0.05, 0) is 69.3 Å². The summed E-state index contributed by atoms with van der Waals surface area (Å²) in [5.41, 5.74) is 0.227. The first kappa shape index (κ1) is 28.1. The minimum absolute atomic E-state index is 0.211. The number of carbonyl (C=O) groups is 3. The van der Waals surface area contributed by atoms with Gasteiger partial charge < -0.3 is 0 Å². The lowest BCUT2D eigenvalue weighted by atomic mass is 9.60. The van der Waals surface area contributed by atoms with E-state index in [1.165, 1.54) is 22.2 Å². The second-order valence-corrected chi connectivity index (χ2v) is 11.9. The number of rotatable bonds is 6. The molecule has 1 N–H and O–H groups in total. The molecule has 3 aromatic rings. The minimum atomic E-state index is -4.46. The van der Waals surface area contributed by atoms with Gasteiger partial charge in [-0.25, -0.2) is 10.0 Å². The lowest BCUT2D eigenvalue weighted by Gasteiger charge is -2.37. The van der Waals surface area contributed by atoms with Gasteiger partial charge in [0.15, 0.2) is 0 Å². The summed E-state index contributed by atoms with van der Waals surface area (Å²) >= 11 is 0. The van der Waals surface area contributed by atoms with Crippen molar-refractivity contribution < 1.29 is 27.4 Å². The average Bonchev–Trinajstić information content (AvgIpc) is 3.56. The van der Waals surface area contributed by atoms with E-state index in [9.17, 15) is 27.4 Å². The summed E-state index contributed by atoms with van der Waals surface area (Å²) in [5, 5.41) is 17.1. The van der Waals surface area contributed by atoms with E-state index in [2.05, 4.69) is 15.3 Å². The predicted octanol–water partition coefficient (Wildman–Crippen LogP) is 3.72. The van der Waals surface area contributed by atoms with Crippen molar-refractivity contribution in [1.82, 2.24) is 0 Å². The highest BCUT2D eigenvalue weighted by atomic mass is 32.2. The number of nitrogens with zero attached hydrogens (tertiary/aromatic N) is 6. The van der Waals surface area contributed by atoms with E-state index < -0.39 is 45.1 Å². The van der Waals surface area contributed by atoms with E-state index in [1.54, 1.807) is 75.4 Å². The molecule has 0 spiro atoms. The zero-order chi connectivity index (χ0) is 30.7. The average molecular weight is 599 g/mol. The topological polar surface area (TPSA) is 152 Å². The highest BCUT2D eigenvalue weighted by Gasteiger charge is 2.68. The molecule has 3 amide bonds. The third kappa shape index (κ3) is 4.27. The Labute approximate surface area is 247 Å². The molecule has 3 aromatic carbocycles. The van der Waals surface area contributed by atoms with Crippen LogP contribution < -0.4 is 15.0 Å². The number of para-hydroxylation sites is 2. The molecule has 0 fully saturated rings. The third-order valence-electron chi connectivity index (χ3n) is 7.95. The van der Waals surface area contributed by atoms with Crippen LogP contribution >= 0.6 is 0 Å². The van der Waals surface area contributed by atoms with Crippen LogP contribution in [0.2, 0.25) is 0 Å². The fourth-order valence-corrected chi connectivity index (χ4v) is 6.54. The van der Waals surface area contributed by atoms with Crippen LogP contribution in [0.1, 0.15) is 20.8 Å². The van der Waals surface area contributed by atoms with Gasteiger partial charge in [-0.2, -0.15) is 28.7 Å². The second kappa shape index (κ2) is 10.1. The zero-order valence-corrected chi connectivity index (χ0v) is 24.1. The third-order valence-corrected chi connectivity index (χ3v) is 8.82. The number of benzene rings is 3. The van der Waals surface area contributed by atoms with E-state index in [0.717, 1.165) is 17.1 Å². The number of amides is 3. The summed E-state index contributed by atoms with van der Waals surface area (Å²) in [4.78, 5) is 42.9. The molecule has 0 saturated heterocycles. The van der Waals surface area contributed by atoms with Gasteiger partial charge in [-0.3, -0.25) is 18.9 Å². The number of hydrogen-bond donors (Lipinski definition) is 1. The Kier molecular flexibility index (Phi) is 6.58. The van der Waals surface area contributed by atoms with Crippen molar-refractivity contribution in [1.29, 1.82) is 0 Å². The van der Waals surface area contributed by atoms with Gasteiger partial charge in [-0.15, -0.1) is 0 Å². The maximum absolute atomic E-state index is 14.7. The molecule has 13 heteroatoms. The van der Waals surface area contributed by atoms with Gasteiger partial charge >= 0.3 is 0 Å². The van der Waals surface area contributed by atoms with Crippen molar-refractivity contribution in [3.8, 4) is 0 Å². The quantitative estimate of drug-likeness (QED) is 0.427. The molecule has 0 saturated carbocycles. The first-order valence-corrected chi connectivity index (χ1v) is 14.8. The van der Waals surface area contributed by atoms with E-state index in [1.807, 2.05) is 6.07 Å². The van der Waals surface area contributed by atoms with Crippen LogP contribution in [0.5, 0.6) is 0 Å². The molecular weight excluding hydrogens is 572 g/mol. The van der Waals surface area contributed by atoms with Gasteiger partial charge in [-0.1, -0.05) is 36.4 Å². The standard InChI is InChI=1S/C30H26N6O6S/c1-18-25(27(37)34(31-18)21-10-6-4-7-11-21)30(20(3)33-36(29(30)39)22-12-8-5-9-13-22)26-19(2)32-35(28(26)38)23-14-16-24(17-15-23)43(40,41)42/h4-17,25-26H,1-3H3,(H,40,41,42)/t25-,26+,30+/m1/s1. The van der Waals surface area contributed by atoms with Crippen LogP contribution in [0.3, 0.4) is 0 Å². The van der Waals surface area contributed by atoms with Crippen LogP contribution in [0, 0.1) is 17.3 Å². The lowest BCUT2D eigenvalue weighted by molar-refractivity contribution is -0.136. The molecule has 0 bridgehead atoms. The Morgan fingerprint density at radius 3 is 1.49 bits per heavy atom. The van der Waals surface area contributed by atoms with E-state index in [4.69, 9.17) is 0 Å². The van der Waals surface area contributed by atoms with Crippen molar-refractivity contribution in [3.05, 3.63) is 84.9 Å². The van der Waals surface area contributed by atoms with Crippen molar-refractivity contribution in [2.45, 2.75) is 25.7 Å². The normalized spacial score (nSPS) is 24.0. The molecule has 0 unspecified atom stereocenters. The van der Waals surface area contributed by atoms with Gasteiger partial charge in [0.25, 0.3) is 27.8 Å². The number of carbonyl (C=O) groups excluding carboxylic acids is 3. The molecular formula is C30H26N6O6S. The minimum Gasteiger partial charge on any atom is -0.282 e. The van der Waals surface area contributed by atoms with Crippen LogP contribution in [0.15, 0.2) is 105 Å². The van der Waals surface area contributed by atoms with Gasteiger partial charge in [0.1, 0.15) is 17.3 Å². The summed E-state index contributed by atoms with van der Waals surface area (Å²) in [6, 6.07) is 22.4. The van der Waals surface area contributed by atoms with Gasteiger partial charge in [0, 0.05) is 11.4 Å². The molecule has 3 aliphatic heterocycles. The lowest BCUT2D eigenvalue weighted by Crippen LogP contribution is -2.58. The van der Waals surface area contributed by atoms with Crippen molar-refractivity contribution in [2.75, 3.05) is 15.0 Å². The molecule has 0 aromatic heterocycles. The molecule has 12 nitrogen and oxygen atoms in total. The Morgan fingerprint density at radius 1 is 0.628 bits per heavy atom. The molecule has 218 valence electrons. The fraction of sp³-hybridized carbons (Fsp3) is 0.200. The molecule has 0 aliphatic carbocycles. The van der Waals surface area contributed by atoms with Crippen LogP contribution in [0.25, 0.3) is 0 Å². The molecule has 3 aliphatic rings. The molecule has 3 atom stereocenters. The fourth-order valence-electron chi connectivity index (χ4n) is 6.06. The summed E-state index contributed by atoms with van der Waals surface area (Å²) < 4.78 is 32.5. The predicted molar refractivity (Wildman–Crippen MR) is 160 cm³/mol. The van der Waals surface area contributed by atoms with Crippen LogP contribution in [-0.4, -0.2) is 47.8 Å². The van der Waals surface area contributed by atoms with Gasteiger partial charge in [0.2, 0.25) is 0 Å². The highest BCUT2D eigenvalue weighted by Crippen LogP contribution is 2.51. The summed E-state index contributed by atoms with van der Waals surface area (Å²) in [5.74, 6) is -4.09. The number of hydrazone groups is 3. The summed E-state index contributed by atoms with van der Waals surface area (Å²) in [6.07, 6.45) is 0. The van der Waals surface area contributed by atoms with Crippen LogP contribution in [-0.2, 0) is 24.5 Å². The molecule has 6 rings (SSSR count). The van der Waals surface area contributed by atoms with E-state index in [-0.39, 0.29) is 22.0 Å². The maximum atomic E-state index is 14.7. The Morgan fingerprint density at radius 2 is 1.05 bits per heavy atom. The van der Waals surface area contributed by atoms with Crippen molar-refractivity contribution in [3.63, 3.8) is 0 Å². The smallest absolute Gasteiger partial charge is 0.282 e. The molecule has 43 heavy (non-hydrogen) atoms. The van der Waals surface area contributed by atoms with E-state index >= 15 is 0 Å². The number of anilines is 3. The first-order valence-electron chi connectivity index (χ1n) is 13.3. The number of hydrogen-bond acceptors (Lipinski definition) is 8.